The maximum atomic E-state index is 2.48. The van der Waals surface area contributed by atoms with Gasteiger partial charge in [-0.15, -0.1) is 0 Å². The molecule has 4 rings (SSSR count). The molecule has 0 aliphatic heterocycles. The van der Waals surface area contributed by atoms with Crippen molar-refractivity contribution in [3.8, 4) is 0 Å². The Morgan fingerprint density at radius 3 is 2.13 bits per heavy atom. The van der Waals surface area contributed by atoms with Gasteiger partial charge in [-0.05, 0) is 67.1 Å². The first-order valence-corrected chi connectivity index (χ1v) is 7.07. The van der Waals surface area contributed by atoms with Gasteiger partial charge >= 0.3 is 0 Å². The van der Waals surface area contributed by atoms with Gasteiger partial charge in [0.2, 0.25) is 0 Å². The first kappa shape index (κ1) is 10.2. The van der Waals surface area contributed by atoms with Gasteiger partial charge in [0.15, 0.2) is 0 Å². The summed E-state index contributed by atoms with van der Waals surface area (Å²) in [7, 11) is 0. The fraction of sp³-hybridized carbons (Fsp3) is 1.00. The second kappa shape index (κ2) is 3.02. The molecule has 0 saturated heterocycles. The highest BCUT2D eigenvalue weighted by atomic mass is 14.6. The van der Waals surface area contributed by atoms with Gasteiger partial charge in [0.25, 0.3) is 0 Å². The lowest BCUT2D eigenvalue weighted by Gasteiger charge is -2.64. The summed E-state index contributed by atoms with van der Waals surface area (Å²) in [6.45, 7) is 7.41. The third-order valence-corrected chi connectivity index (χ3v) is 6.20. The van der Waals surface area contributed by atoms with Gasteiger partial charge in [0.1, 0.15) is 0 Å². The fourth-order valence-corrected chi connectivity index (χ4v) is 5.62. The Kier molecular flexibility index (Phi) is 2.05. The van der Waals surface area contributed by atoms with Gasteiger partial charge in [-0.25, -0.2) is 0 Å². The lowest BCUT2D eigenvalue weighted by Crippen LogP contribution is -2.53. The zero-order valence-electron chi connectivity index (χ0n) is 10.7. The lowest BCUT2D eigenvalue weighted by molar-refractivity contribution is -0.132. The largest absolute Gasteiger partial charge is 0.0649 e. The summed E-state index contributed by atoms with van der Waals surface area (Å²) in [6, 6.07) is 0. The van der Waals surface area contributed by atoms with Crippen LogP contribution >= 0.6 is 0 Å². The molecule has 0 N–H and O–H groups in total. The molecule has 0 heteroatoms. The minimum Gasteiger partial charge on any atom is -0.0649 e. The molecule has 0 nitrogen and oxygen atoms in total. The van der Waals surface area contributed by atoms with Crippen molar-refractivity contribution >= 4 is 0 Å². The zero-order valence-corrected chi connectivity index (χ0v) is 10.7. The molecule has 0 amide bonds. The van der Waals surface area contributed by atoms with Crippen LogP contribution in [-0.4, -0.2) is 0 Å². The van der Waals surface area contributed by atoms with Crippen LogP contribution in [0.2, 0.25) is 0 Å². The van der Waals surface area contributed by atoms with E-state index in [4.69, 9.17) is 0 Å². The molecule has 2 unspecified atom stereocenters. The van der Waals surface area contributed by atoms with Crippen molar-refractivity contribution in [1.29, 1.82) is 0 Å². The molecule has 4 aliphatic rings. The second-order valence-corrected chi connectivity index (χ2v) is 7.33. The van der Waals surface area contributed by atoms with Crippen LogP contribution in [0.25, 0.3) is 0 Å². The molecular weight excluding hydrogens is 180 g/mol. The highest BCUT2D eigenvalue weighted by molar-refractivity contribution is 5.07. The first-order valence-electron chi connectivity index (χ1n) is 7.07. The average molecular weight is 206 g/mol. The number of hydrogen-bond donors (Lipinski definition) is 0. The van der Waals surface area contributed by atoms with E-state index in [1.165, 1.54) is 6.42 Å². The van der Waals surface area contributed by atoms with Crippen molar-refractivity contribution in [1.82, 2.24) is 0 Å². The molecule has 4 aliphatic carbocycles. The maximum Gasteiger partial charge on any atom is -0.0264 e. The predicted octanol–water partition coefficient (Wildman–Crippen LogP) is 4.64. The quantitative estimate of drug-likeness (QED) is 0.617. The Labute approximate surface area is 94.8 Å². The Morgan fingerprint density at radius 1 is 1.07 bits per heavy atom. The molecular formula is C15H26. The third-order valence-electron chi connectivity index (χ3n) is 6.20. The van der Waals surface area contributed by atoms with Crippen molar-refractivity contribution in [2.24, 2.45) is 28.6 Å². The normalized spacial score (nSPS) is 52.8. The van der Waals surface area contributed by atoms with E-state index >= 15 is 0 Å². The maximum absolute atomic E-state index is 2.48. The van der Waals surface area contributed by atoms with Crippen LogP contribution in [-0.2, 0) is 0 Å². The summed E-state index contributed by atoms with van der Waals surface area (Å²) in [6.07, 6.45) is 10.9. The van der Waals surface area contributed by atoms with Gasteiger partial charge in [-0.3, -0.25) is 0 Å². The summed E-state index contributed by atoms with van der Waals surface area (Å²) in [5.41, 5.74) is 1.55. The standard InChI is InChI=1S/C15H26/c1-4-14-6-12-5-13(7-14)9-15(8-12,10-14)11(2)3/h11-13H,4-10H2,1-3H3. The zero-order chi connectivity index (χ0) is 10.7. The fourth-order valence-electron chi connectivity index (χ4n) is 5.62. The van der Waals surface area contributed by atoms with E-state index in [1.807, 2.05) is 0 Å². The molecule has 4 bridgehead atoms. The van der Waals surface area contributed by atoms with Crippen LogP contribution in [0.1, 0.15) is 65.7 Å². The van der Waals surface area contributed by atoms with Crippen LogP contribution in [0.4, 0.5) is 0 Å². The topological polar surface area (TPSA) is 0 Å². The molecule has 0 aromatic carbocycles. The lowest BCUT2D eigenvalue weighted by atomic mass is 9.41. The van der Waals surface area contributed by atoms with E-state index in [1.54, 1.807) is 38.5 Å². The Balaban J connectivity index is 1.95. The molecule has 15 heavy (non-hydrogen) atoms. The van der Waals surface area contributed by atoms with Crippen molar-refractivity contribution in [2.75, 3.05) is 0 Å². The predicted molar refractivity (Wildman–Crippen MR) is 64.7 cm³/mol. The van der Waals surface area contributed by atoms with Crippen LogP contribution < -0.4 is 0 Å². The van der Waals surface area contributed by atoms with Gasteiger partial charge in [0.05, 0.1) is 0 Å². The molecule has 86 valence electrons. The minimum atomic E-state index is 0.764. The van der Waals surface area contributed by atoms with Crippen molar-refractivity contribution < 1.29 is 0 Å². The van der Waals surface area contributed by atoms with E-state index in [9.17, 15) is 0 Å². The van der Waals surface area contributed by atoms with E-state index < -0.39 is 0 Å². The summed E-state index contributed by atoms with van der Waals surface area (Å²) < 4.78 is 0. The highest BCUT2D eigenvalue weighted by Gasteiger charge is 2.57. The minimum absolute atomic E-state index is 0.764. The first-order chi connectivity index (χ1) is 7.07. The summed E-state index contributed by atoms with van der Waals surface area (Å²) >= 11 is 0. The van der Waals surface area contributed by atoms with Crippen molar-refractivity contribution in [2.45, 2.75) is 65.7 Å². The van der Waals surface area contributed by atoms with E-state index in [0.29, 0.717) is 0 Å². The Hall–Kier alpha value is 0. The van der Waals surface area contributed by atoms with Crippen LogP contribution in [0.5, 0.6) is 0 Å². The number of rotatable bonds is 2. The monoisotopic (exact) mass is 206 g/mol. The van der Waals surface area contributed by atoms with Crippen LogP contribution in [0.15, 0.2) is 0 Å². The van der Waals surface area contributed by atoms with E-state index in [0.717, 1.165) is 28.6 Å². The SMILES string of the molecule is CCC12CC3CC(C1)CC(C(C)C)(C3)C2. The van der Waals surface area contributed by atoms with Gasteiger partial charge in [-0.1, -0.05) is 27.2 Å². The Morgan fingerprint density at radius 2 is 1.67 bits per heavy atom. The smallest absolute Gasteiger partial charge is 0.0264 e. The average Bonchev–Trinajstić information content (AvgIpc) is 2.15. The van der Waals surface area contributed by atoms with Gasteiger partial charge in [-0.2, -0.15) is 0 Å². The van der Waals surface area contributed by atoms with E-state index in [-0.39, 0.29) is 0 Å². The summed E-state index contributed by atoms with van der Waals surface area (Å²) in [4.78, 5) is 0. The molecule has 0 heterocycles. The summed E-state index contributed by atoms with van der Waals surface area (Å²) in [5, 5.41) is 0. The summed E-state index contributed by atoms with van der Waals surface area (Å²) in [5.74, 6) is 3.14. The van der Waals surface area contributed by atoms with Gasteiger partial charge in [0, 0.05) is 0 Å². The van der Waals surface area contributed by atoms with Crippen molar-refractivity contribution in [3.05, 3.63) is 0 Å². The van der Waals surface area contributed by atoms with E-state index in [2.05, 4.69) is 20.8 Å². The molecule has 0 aromatic heterocycles. The number of hydrogen-bond acceptors (Lipinski definition) is 0. The Bertz CT molecular complexity index is 249. The van der Waals surface area contributed by atoms with Crippen molar-refractivity contribution in [3.63, 3.8) is 0 Å². The molecule has 0 spiro atoms. The molecule has 2 atom stereocenters. The molecule has 4 saturated carbocycles. The van der Waals surface area contributed by atoms with Crippen LogP contribution in [0.3, 0.4) is 0 Å². The third kappa shape index (κ3) is 1.33. The second-order valence-electron chi connectivity index (χ2n) is 7.33. The molecule has 4 fully saturated rings. The van der Waals surface area contributed by atoms with Gasteiger partial charge < -0.3 is 0 Å². The molecule has 0 radical (unpaired) electrons. The molecule has 0 aromatic rings. The highest BCUT2D eigenvalue weighted by Crippen LogP contribution is 2.68. The van der Waals surface area contributed by atoms with Crippen LogP contribution in [0, 0.1) is 28.6 Å².